The summed E-state index contributed by atoms with van der Waals surface area (Å²) in [4.78, 5) is 17.0. The Balaban J connectivity index is 1.78. The van der Waals surface area contributed by atoms with Crippen molar-refractivity contribution in [3.63, 3.8) is 0 Å². The first-order valence-electron chi connectivity index (χ1n) is 8.36. The fourth-order valence-corrected chi connectivity index (χ4v) is 3.32. The van der Waals surface area contributed by atoms with Gasteiger partial charge < -0.3 is 4.74 Å². The molecule has 1 aromatic heterocycles. The molecule has 5 heteroatoms. The van der Waals surface area contributed by atoms with Gasteiger partial charge in [-0.05, 0) is 42.3 Å². The molecule has 2 aromatic carbocycles. The van der Waals surface area contributed by atoms with Crippen molar-refractivity contribution in [3.8, 4) is 11.4 Å². The number of rotatable bonds is 7. The molecule has 132 valence electrons. The predicted octanol–water partition coefficient (Wildman–Crippen LogP) is 4.57. The summed E-state index contributed by atoms with van der Waals surface area (Å²) in [6.45, 7) is 6.31. The molecule has 0 N–H and O–H groups in total. The summed E-state index contributed by atoms with van der Waals surface area (Å²) >= 11 is 1.44. The molecule has 0 amide bonds. The van der Waals surface area contributed by atoms with Crippen molar-refractivity contribution in [2.24, 2.45) is 0 Å². The monoisotopic (exact) mass is 364 g/mol. The molecule has 0 saturated carbocycles. The van der Waals surface area contributed by atoms with Crippen molar-refractivity contribution in [3.05, 3.63) is 89.0 Å². The Hall–Kier alpha value is -2.79. The summed E-state index contributed by atoms with van der Waals surface area (Å²) in [6, 6.07) is 15.6. The second-order valence-electron chi connectivity index (χ2n) is 5.57. The van der Waals surface area contributed by atoms with Crippen LogP contribution in [-0.2, 0) is 5.75 Å². The Kier molecular flexibility index (Phi) is 5.92. The van der Waals surface area contributed by atoms with Crippen LogP contribution in [0.25, 0.3) is 11.8 Å². The number of nitrogens with zero attached hydrogens (tertiary/aromatic N) is 2. The number of ether oxygens (including phenoxy) is 1. The molecule has 4 nitrogen and oxygen atoms in total. The van der Waals surface area contributed by atoms with Gasteiger partial charge in [0.25, 0.3) is 5.56 Å². The lowest BCUT2D eigenvalue weighted by Crippen LogP contribution is -2.20. The largest absolute Gasteiger partial charge is 0.494 e. The smallest absolute Gasteiger partial charge is 0.287 e. The number of thioether (sulfide) groups is 1. The molecule has 0 aliphatic heterocycles. The van der Waals surface area contributed by atoms with E-state index in [-0.39, 0.29) is 5.56 Å². The lowest BCUT2D eigenvalue weighted by atomic mass is 10.1. The van der Waals surface area contributed by atoms with Crippen LogP contribution in [0.5, 0.6) is 5.75 Å². The molecule has 0 aliphatic carbocycles. The molecule has 0 spiro atoms. The van der Waals surface area contributed by atoms with Crippen molar-refractivity contribution in [2.45, 2.75) is 17.7 Å². The van der Waals surface area contributed by atoms with E-state index in [4.69, 9.17) is 4.74 Å². The van der Waals surface area contributed by atoms with Crippen LogP contribution >= 0.6 is 11.8 Å². The van der Waals surface area contributed by atoms with Crippen molar-refractivity contribution >= 4 is 17.8 Å². The molecule has 1 heterocycles. The zero-order chi connectivity index (χ0) is 18.4. The SMILES string of the molecule is C=Cc1ccc(CSc2nccn(-c3ccc(OCC)cc3)c2=O)cc1. The maximum Gasteiger partial charge on any atom is 0.287 e. The minimum absolute atomic E-state index is 0.121. The summed E-state index contributed by atoms with van der Waals surface area (Å²) in [5.74, 6) is 1.48. The van der Waals surface area contributed by atoms with Crippen LogP contribution in [0.2, 0.25) is 0 Å². The van der Waals surface area contributed by atoms with Gasteiger partial charge in [0.1, 0.15) is 5.75 Å². The Morgan fingerprint density at radius 1 is 1.15 bits per heavy atom. The van der Waals surface area contributed by atoms with Crippen LogP contribution in [0.15, 0.2) is 77.3 Å². The second-order valence-corrected chi connectivity index (χ2v) is 6.53. The van der Waals surface area contributed by atoms with Gasteiger partial charge in [-0.3, -0.25) is 9.36 Å². The first-order chi connectivity index (χ1) is 12.7. The Morgan fingerprint density at radius 2 is 1.88 bits per heavy atom. The highest BCUT2D eigenvalue weighted by atomic mass is 32.2. The van der Waals surface area contributed by atoms with Crippen LogP contribution < -0.4 is 10.3 Å². The summed E-state index contributed by atoms with van der Waals surface area (Å²) in [7, 11) is 0. The van der Waals surface area contributed by atoms with Gasteiger partial charge in [-0.2, -0.15) is 0 Å². The second kappa shape index (κ2) is 8.54. The first-order valence-corrected chi connectivity index (χ1v) is 9.35. The molecule has 3 aromatic rings. The van der Waals surface area contributed by atoms with Gasteiger partial charge in [0, 0.05) is 23.8 Å². The van der Waals surface area contributed by atoms with E-state index >= 15 is 0 Å². The van der Waals surface area contributed by atoms with Crippen molar-refractivity contribution in [1.82, 2.24) is 9.55 Å². The van der Waals surface area contributed by atoms with Crippen LogP contribution in [0.3, 0.4) is 0 Å². The first kappa shape index (κ1) is 18.0. The third kappa shape index (κ3) is 4.24. The summed E-state index contributed by atoms with van der Waals surface area (Å²) in [6.07, 6.45) is 5.15. The fraction of sp³-hybridized carbons (Fsp3) is 0.143. The quantitative estimate of drug-likeness (QED) is 0.576. The third-order valence-electron chi connectivity index (χ3n) is 3.83. The molecule has 0 aliphatic rings. The Bertz CT molecular complexity index is 931. The zero-order valence-corrected chi connectivity index (χ0v) is 15.4. The maximum absolute atomic E-state index is 12.7. The average molecular weight is 364 g/mol. The van der Waals surface area contributed by atoms with E-state index in [1.807, 2.05) is 61.5 Å². The van der Waals surface area contributed by atoms with E-state index in [0.29, 0.717) is 17.4 Å². The van der Waals surface area contributed by atoms with Gasteiger partial charge in [0.05, 0.1) is 6.61 Å². The molecule has 0 fully saturated rings. The van der Waals surface area contributed by atoms with Gasteiger partial charge in [0.2, 0.25) is 0 Å². The Morgan fingerprint density at radius 3 is 2.54 bits per heavy atom. The number of aromatic nitrogens is 2. The average Bonchev–Trinajstić information content (AvgIpc) is 2.69. The van der Waals surface area contributed by atoms with E-state index in [0.717, 1.165) is 22.6 Å². The topological polar surface area (TPSA) is 44.1 Å². The van der Waals surface area contributed by atoms with Crippen molar-refractivity contribution < 1.29 is 4.74 Å². The highest BCUT2D eigenvalue weighted by molar-refractivity contribution is 7.98. The minimum Gasteiger partial charge on any atom is -0.494 e. The minimum atomic E-state index is -0.121. The molecule has 0 saturated heterocycles. The predicted molar refractivity (Wildman–Crippen MR) is 107 cm³/mol. The van der Waals surface area contributed by atoms with Gasteiger partial charge in [-0.1, -0.05) is 48.7 Å². The van der Waals surface area contributed by atoms with E-state index in [1.165, 1.54) is 11.8 Å². The van der Waals surface area contributed by atoms with Gasteiger partial charge in [0.15, 0.2) is 5.03 Å². The highest BCUT2D eigenvalue weighted by Crippen LogP contribution is 2.19. The van der Waals surface area contributed by atoms with Gasteiger partial charge in [-0.25, -0.2) is 4.98 Å². The Labute approximate surface area is 157 Å². The molecule has 3 rings (SSSR count). The summed E-state index contributed by atoms with van der Waals surface area (Å²) < 4.78 is 7.05. The van der Waals surface area contributed by atoms with Crippen molar-refractivity contribution in [1.29, 1.82) is 0 Å². The molecular weight excluding hydrogens is 344 g/mol. The fourth-order valence-electron chi connectivity index (χ4n) is 2.47. The van der Waals surface area contributed by atoms with Crippen LogP contribution in [-0.4, -0.2) is 16.2 Å². The normalized spacial score (nSPS) is 10.5. The van der Waals surface area contributed by atoms with E-state index in [2.05, 4.69) is 11.6 Å². The number of benzene rings is 2. The summed E-state index contributed by atoms with van der Waals surface area (Å²) in [5, 5.41) is 0.481. The van der Waals surface area contributed by atoms with Gasteiger partial charge in [-0.15, -0.1) is 0 Å². The van der Waals surface area contributed by atoms with Gasteiger partial charge >= 0.3 is 0 Å². The number of hydrogen-bond acceptors (Lipinski definition) is 4. The van der Waals surface area contributed by atoms with Crippen LogP contribution in [0.4, 0.5) is 0 Å². The third-order valence-corrected chi connectivity index (χ3v) is 4.86. The zero-order valence-electron chi connectivity index (χ0n) is 14.6. The van der Waals surface area contributed by atoms with E-state index in [9.17, 15) is 4.79 Å². The molecular formula is C21H20N2O2S. The number of hydrogen-bond donors (Lipinski definition) is 0. The highest BCUT2D eigenvalue weighted by Gasteiger charge is 2.08. The molecule has 0 atom stereocenters. The molecule has 0 unspecified atom stereocenters. The lowest BCUT2D eigenvalue weighted by Gasteiger charge is -2.09. The van der Waals surface area contributed by atoms with Crippen LogP contribution in [0, 0.1) is 0 Å². The lowest BCUT2D eigenvalue weighted by molar-refractivity contribution is 0.340. The van der Waals surface area contributed by atoms with E-state index < -0.39 is 0 Å². The van der Waals surface area contributed by atoms with Crippen LogP contribution in [0.1, 0.15) is 18.1 Å². The summed E-state index contributed by atoms with van der Waals surface area (Å²) in [5.41, 5.74) is 2.88. The molecule has 26 heavy (non-hydrogen) atoms. The van der Waals surface area contributed by atoms with Crippen molar-refractivity contribution in [2.75, 3.05) is 6.61 Å². The molecule has 0 radical (unpaired) electrons. The molecule has 0 bridgehead atoms. The maximum atomic E-state index is 12.7. The standard InChI is InChI=1S/C21H20N2O2S/c1-3-16-5-7-17(8-6-16)15-26-20-21(24)23(14-13-22-20)18-9-11-19(12-10-18)25-4-2/h3,5-14H,1,4,15H2,2H3. The van der Waals surface area contributed by atoms with E-state index in [1.54, 1.807) is 17.0 Å².